The van der Waals surface area contributed by atoms with Gasteiger partial charge in [0.15, 0.2) is 11.9 Å². The second-order valence-electron chi connectivity index (χ2n) is 9.33. The fourth-order valence-electron chi connectivity index (χ4n) is 5.09. The Bertz CT molecular complexity index is 1820. The SMILES string of the molecule is [C-]#[N+]c1ccc2c(oc3c(-c4cc(C)cc[n+]4C)c(C)ccc32)c1-c1cccc(-c2ccccc2)c1. The number of aromatic nitrogens is 1. The summed E-state index contributed by atoms with van der Waals surface area (Å²) in [7, 11) is 2.06. The molecule has 6 aromatic rings. The van der Waals surface area contributed by atoms with Crippen molar-refractivity contribution < 1.29 is 8.98 Å². The van der Waals surface area contributed by atoms with Gasteiger partial charge in [-0.05, 0) is 47.7 Å². The molecule has 0 amide bonds. The molecule has 0 radical (unpaired) electrons. The van der Waals surface area contributed by atoms with Crippen molar-refractivity contribution in [2.75, 3.05) is 0 Å². The van der Waals surface area contributed by atoms with Gasteiger partial charge in [-0.1, -0.05) is 72.8 Å². The quantitative estimate of drug-likeness (QED) is 0.189. The Morgan fingerprint density at radius 1 is 0.694 bits per heavy atom. The molecule has 36 heavy (non-hydrogen) atoms. The molecule has 4 aromatic carbocycles. The fraction of sp³-hybridized carbons (Fsp3) is 0.0909. The lowest BCUT2D eigenvalue weighted by atomic mass is 9.95. The molecule has 172 valence electrons. The summed E-state index contributed by atoms with van der Waals surface area (Å²) in [6.07, 6.45) is 2.09. The van der Waals surface area contributed by atoms with Crippen LogP contribution in [0.1, 0.15) is 11.1 Å². The Hall–Kier alpha value is -4.68. The van der Waals surface area contributed by atoms with Crippen LogP contribution in [0.15, 0.2) is 102 Å². The number of fused-ring (bicyclic) bond motifs is 3. The zero-order valence-electron chi connectivity index (χ0n) is 20.5. The number of benzene rings is 4. The highest BCUT2D eigenvalue weighted by Crippen LogP contribution is 2.44. The molecule has 3 nitrogen and oxygen atoms in total. The van der Waals surface area contributed by atoms with E-state index >= 15 is 0 Å². The van der Waals surface area contributed by atoms with Gasteiger partial charge in [0.25, 0.3) is 0 Å². The minimum atomic E-state index is 0.589. The highest BCUT2D eigenvalue weighted by Gasteiger charge is 2.23. The van der Waals surface area contributed by atoms with Crippen LogP contribution in [-0.2, 0) is 7.05 Å². The molecule has 0 saturated heterocycles. The highest BCUT2D eigenvalue weighted by atomic mass is 16.3. The molecule has 0 N–H and O–H groups in total. The summed E-state index contributed by atoms with van der Waals surface area (Å²) in [6, 6.07) is 31.2. The van der Waals surface area contributed by atoms with E-state index in [2.05, 4.69) is 97.2 Å². The average Bonchev–Trinajstić information content (AvgIpc) is 3.28. The lowest BCUT2D eigenvalue weighted by Crippen LogP contribution is -2.30. The van der Waals surface area contributed by atoms with Crippen molar-refractivity contribution in [2.24, 2.45) is 7.05 Å². The maximum Gasteiger partial charge on any atom is 0.216 e. The Kier molecular flexibility index (Phi) is 5.16. The summed E-state index contributed by atoms with van der Waals surface area (Å²) in [4.78, 5) is 3.88. The largest absolute Gasteiger partial charge is 0.456 e. The smallest absolute Gasteiger partial charge is 0.216 e. The van der Waals surface area contributed by atoms with Crippen LogP contribution >= 0.6 is 0 Å². The van der Waals surface area contributed by atoms with Crippen molar-refractivity contribution in [1.29, 1.82) is 0 Å². The van der Waals surface area contributed by atoms with Crippen LogP contribution in [0.5, 0.6) is 0 Å². The number of hydrogen-bond acceptors (Lipinski definition) is 1. The molecule has 0 unspecified atom stereocenters. The van der Waals surface area contributed by atoms with Crippen LogP contribution in [0, 0.1) is 20.4 Å². The maximum atomic E-state index is 7.90. The molecule has 6 rings (SSSR count). The van der Waals surface area contributed by atoms with Gasteiger partial charge in [0.05, 0.1) is 12.1 Å². The predicted octanol–water partition coefficient (Wildman–Crippen LogP) is 8.58. The van der Waals surface area contributed by atoms with Gasteiger partial charge in [-0.2, -0.15) is 0 Å². The van der Waals surface area contributed by atoms with Gasteiger partial charge in [0.1, 0.15) is 18.2 Å². The zero-order valence-corrected chi connectivity index (χ0v) is 20.5. The first-order valence-corrected chi connectivity index (χ1v) is 12.0. The number of nitrogens with zero attached hydrogens (tertiary/aromatic N) is 2. The van der Waals surface area contributed by atoms with E-state index in [1.807, 2.05) is 30.3 Å². The molecule has 0 aliphatic carbocycles. The fourth-order valence-corrected chi connectivity index (χ4v) is 5.09. The third-order valence-corrected chi connectivity index (χ3v) is 6.94. The van der Waals surface area contributed by atoms with Crippen molar-refractivity contribution >= 4 is 27.6 Å². The van der Waals surface area contributed by atoms with Gasteiger partial charge < -0.3 is 4.42 Å². The summed E-state index contributed by atoms with van der Waals surface area (Å²) < 4.78 is 8.87. The van der Waals surface area contributed by atoms with Crippen LogP contribution in [-0.4, -0.2) is 0 Å². The molecule has 0 atom stereocenters. The van der Waals surface area contributed by atoms with E-state index in [0.717, 1.165) is 61.0 Å². The zero-order chi connectivity index (χ0) is 24.8. The van der Waals surface area contributed by atoms with E-state index < -0.39 is 0 Å². The summed E-state index contributed by atoms with van der Waals surface area (Å²) in [5, 5.41) is 2.08. The van der Waals surface area contributed by atoms with E-state index in [0.29, 0.717) is 5.69 Å². The Balaban J connectivity index is 1.67. The van der Waals surface area contributed by atoms with Crippen molar-refractivity contribution in [3.05, 3.63) is 120 Å². The van der Waals surface area contributed by atoms with E-state index in [9.17, 15) is 0 Å². The van der Waals surface area contributed by atoms with Crippen molar-refractivity contribution in [3.63, 3.8) is 0 Å². The van der Waals surface area contributed by atoms with Crippen LogP contribution in [0.3, 0.4) is 0 Å². The van der Waals surface area contributed by atoms with E-state index in [1.54, 1.807) is 0 Å². The molecule has 0 fully saturated rings. The van der Waals surface area contributed by atoms with Crippen molar-refractivity contribution in [2.45, 2.75) is 13.8 Å². The van der Waals surface area contributed by atoms with Gasteiger partial charge in [-0.25, -0.2) is 9.41 Å². The molecule has 0 bridgehead atoms. The van der Waals surface area contributed by atoms with Crippen LogP contribution in [0.25, 0.3) is 60.3 Å². The minimum absolute atomic E-state index is 0.589. The molecular weight excluding hydrogens is 440 g/mol. The predicted molar refractivity (Wildman–Crippen MR) is 147 cm³/mol. The Morgan fingerprint density at radius 2 is 1.39 bits per heavy atom. The number of rotatable bonds is 3. The first-order chi connectivity index (χ1) is 17.5. The number of aryl methyl sites for hydroxylation is 3. The maximum absolute atomic E-state index is 7.90. The second-order valence-corrected chi connectivity index (χ2v) is 9.33. The van der Waals surface area contributed by atoms with E-state index in [-0.39, 0.29) is 0 Å². The standard InChI is InChI=1S/C33H25N2O/c1-21-17-18-35(4)29(19-21)30-22(2)13-14-26-27-15-16-28(34-3)31(33(27)36-32(26)30)25-12-8-11-24(20-25)23-9-6-5-7-10-23/h5-20H,1-2,4H3/q+1. The second kappa shape index (κ2) is 8.52. The normalized spacial score (nSPS) is 11.2. The molecule has 0 aliphatic rings. The summed E-state index contributed by atoms with van der Waals surface area (Å²) in [5.41, 5.74) is 10.8. The molecular formula is C33H25N2O+. The molecule has 0 aliphatic heterocycles. The molecule has 0 spiro atoms. The van der Waals surface area contributed by atoms with Gasteiger partial charge in [-0.15, -0.1) is 0 Å². The summed E-state index contributed by atoms with van der Waals surface area (Å²) >= 11 is 0. The Morgan fingerprint density at radius 3 is 2.17 bits per heavy atom. The van der Waals surface area contributed by atoms with Crippen LogP contribution in [0.4, 0.5) is 5.69 Å². The third-order valence-electron chi connectivity index (χ3n) is 6.94. The average molecular weight is 466 g/mol. The molecule has 2 aromatic heterocycles. The number of pyridine rings is 1. The monoisotopic (exact) mass is 465 g/mol. The first-order valence-electron chi connectivity index (χ1n) is 12.0. The summed E-state index contributed by atoms with van der Waals surface area (Å²) in [5.74, 6) is 0. The minimum Gasteiger partial charge on any atom is -0.456 e. The summed E-state index contributed by atoms with van der Waals surface area (Å²) in [6.45, 7) is 12.1. The lowest BCUT2D eigenvalue weighted by molar-refractivity contribution is -0.660. The van der Waals surface area contributed by atoms with Crippen molar-refractivity contribution in [1.82, 2.24) is 0 Å². The topological polar surface area (TPSA) is 21.4 Å². The van der Waals surface area contributed by atoms with Gasteiger partial charge in [0, 0.05) is 28.5 Å². The molecule has 3 heteroatoms. The van der Waals surface area contributed by atoms with E-state index in [1.165, 1.54) is 5.56 Å². The molecule has 0 saturated carbocycles. The first kappa shape index (κ1) is 21.8. The van der Waals surface area contributed by atoms with Gasteiger partial charge in [0.2, 0.25) is 5.69 Å². The van der Waals surface area contributed by atoms with Gasteiger partial charge >= 0.3 is 0 Å². The van der Waals surface area contributed by atoms with E-state index in [4.69, 9.17) is 11.0 Å². The number of hydrogen-bond donors (Lipinski definition) is 0. The van der Waals surface area contributed by atoms with Crippen LogP contribution in [0.2, 0.25) is 0 Å². The van der Waals surface area contributed by atoms with Crippen LogP contribution < -0.4 is 4.57 Å². The van der Waals surface area contributed by atoms with Gasteiger partial charge in [-0.3, -0.25) is 0 Å². The lowest BCUT2D eigenvalue weighted by Gasteiger charge is -2.09. The Labute approximate surface area is 210 Å². The molecule has 2 heterocycles. The highest BCUT2D eigenvalue weighted by molar-refractivity contribution is 6.15. The number of furan rings is 1. The van der Waals surface area contributed by atoms with Crippen molar-refractivity contribution in [3.8, 4) is 33.5 Å². The third kappa shape index (κ3) is 3.47.